The fourth-order valence-electron chi connectivity index (χ4n) is 2.89. The zero-order valence-corrected chi connectivity index (χ0v) is 17.2. The number of amides is 2. The molecule has 2 heterocycles. The first-order chi connectivity index (χ1) is 13.4. The van der Waals surface area contributed by atoms with E-state index in [9.17, 15) is 18.0 Å². The average molecular weight is 443 g/mol. The molecule has 0 radical (unpaired) electrons. The topological polar surface area (TPSA) is 108 Å². The van der Waals surface area contributed by atoms with E-state index in [1.165, 1.54) is 39.9 Å². The van der Waals surface area contributed by atoms with Gasteiger partial charge in [0.15, 0.2) is 5.13 Å². The van der Waals surface area contributed by atoms with E-state index in [0.717, 1.165) is 0 Å². The summed E-state index contributed by atoms with van der Waals surface area (Å²) in [6.45, 7) is 0.225. The van der Waals surface area contributed by atoms with Gasteiger partial charge in [0.25, 0.3) is 0 Å². The predicted octanol–water partition coefficient (Wildman–Crippen LogP) is 1.95. The highest BCUT2D eigenvalue weighted by molar-refractivity contribution is 7.89. The third kappa shape index (κ3) is 5.07. The minimum atomic E-state index is -3.70. The molecule has 2 aromatic rings. The average Bonchev–Trinajstić information content (AvgIpc) is 3.19. The van der Waals surface area contributed by atoms with Gasteiger partial charge < -0.3 is 10.6 Å². The number of piperidine rings is 1. The summed E-state index contributed by atoms with van der Waals surface area (Å²) in [4.78, 5) is 28.3. The third-order valence-corrected chi connectivity index (χ3v) is 7.13. The maximum Gasteiger partial charge on any atom is 0.245 e. The molecule has 0 saturated carbocycles. The second-order valence-corrected chi connectivity index (χ2v) is 9.53. The molecule has 1 unspecified atom stereocenters. The molecule has 2 amide bonds. The summed E-state index contributed by atoms with van der Waals surface area (Å²) in [5.41, 5.74) is 0. The molecule has 1 aliphatic rings. The summed E-state index contributed by atoms with van der Waals surface area (Å²) >= 11 is 7.10. The van der Waals surface area contributed by atoms with Crippen LogP contribution in [0.15, 0.2) is 40.7 Å². The quantitative estimate of drug-likeness (QED) is 0.710. The van der Waals surface area contributed by atoms with Gasteiger partial charge in [0.1, 0.15) is 0 Å². The summed E-state index contributed by atoms with van der Waals surface area (Å²) in [6.07, 6.45) is 2.69. The van der Waals surface area contributed by atoms with Crippen LogP contribution in [0.5, 0.6) is 0 Å². The Morgan fingerprint density at radius 1 is 1.29 bits per heavy atom. The number of carbonyl (C=O) groups excluding carboxylic acids is 2. The van der Waals surface area contributed by atoms with Crippen LogP contribution in [0.3, 0.4) is 0 Å². The zero-order valence-electron chi connectivity index (χ0n) is 14.8. The molecule has 2 N–H and O–H groups in total. The van der Waals surface area contributed by atoms with Crippen LogP contribution in [-0.4, -0.2) is 49.2 Å². The number of carbonyl (C=O) groups is 2. The number of hydrogen-bond donors (Lipinski definition) is 2. The number of thiazole rings is 1. The molecule has 1 aliphatic heterocycles. The number of anilines is 1. The number of halogens is 1. The molecule has 1 atom stereocenters. The molecular formula is C17H19ClN4O4S2. The Morgan fingerprint density at radius 2 is 2.04 bits per heavy atom. The summed E-state index contributed by atoms with van der Waals surface area (Å²) in [7, 11) is -3.70. The van der Waals surface area contributed by atoms with Crippen LogP contribution in [-0.2, 0) is 19.6 Å². The van der Waals surface area contributed by atoms with E-state index in [1.54, 1.807) is 11.6 Å². The van der Waals surface area contributed by atoms with Gasteiger partial charge in [0, 0.05) is 29.7 Å². The maximum absolute atomic E-state index is 12.8. The van der Waals surface area contributed by atoms with E-state index in [-0.39, 0.29) is 29.8 Å². The van der Waals surface area contributed by atoms with Gasteiger partial charge in [0.05, 0.1) is 17.4 Å². The largest absolute Gasteiger partial charge is 0.347 e. The highest BCUT2D eigenvalue weighted by Gasteiger charge is 2.33. The van der Waals surface area contributed by atoms with E-state index in [4.69, 9.17) is 11.6 Å². The molecule has 0 aliphatic carbocycles. The maximum atomic E-state index is 12.8. The van der Waals surface area contributed by atoms with Crippen molar-refractivity contribution in [3.05, 3.63) is 40.9 Å². The number of hydrogen-bond acceptors (Lipinski definition) is 6. The smallest absolute Gasteiger partial charge is 0.245 e. The Balaban J connectivity index is 1.57. The minimum Gasteiger partial charge on any atom is -0.347 e. The molecule has 11 heteroatoms. The normalized spacial score (nSPS) is 17.8. The monoisotopic (exact) mass is 442 g/mol. The first-order valence-electron chi connectivity index (χ1n) is 8.59. The summed E-state index contributed by atoms with van der Waals surface area (Å²) in [5.74, 6) is -1.24. The SMILES string of the molecule is O=C(CNC(=O)C1CCCN(S(=O)(=O)c2ccc(Cl)cc2)C1)Nc1nccs1. The van der Waals surface area contributed by atoms with Gasteiger partial charge in [-0.2, -0.15) is 4.31 Å². The number of rotatable bonds is 6. The van der Waals surface area contributed by atoms with Crippen LogP contribution < -0.4 is 10.6 Å². The Morgan fingerprint density at radius 3 is 2.71 bits per heavy atom. The van der Waals surface area contributed by atoms with Crippen molar-refractivity contribution in [2.75, 3.05) is 25.0 Å². The molecule has 3 rings (SSSR count). The lowest BCUT2D eigenvalue weighted by atomic mass is 9.99. The van der Waals surface area contributed by atoms with E-state index < -0.39 is 15.9 Å². The second-order valence-electron chi connectivity index (χ2n) is 6.26. The van der Waals surface area contributed by atoms with Crippen LogP contribution in [0, 0.1) is 5.92 Å². The lowest BCUT2D eigenvalue weighted by Gasteiger charge is -2.31. The highest BCUT2D eigenvalue weighted by Crippen LogP contribution is 2.24. The third-order valence-electron chi connectivity index (χ3n) is 4.31. The molecule has 1 fully saturated rings. The van der Waals surface area contributed by atoms with Crippen molar-refractivity contribution >= 4 is 49.9 Å². The lowest BCUT2D eigenvalue weighted by Crippen LogP contribution is -2.46. The summed E-state index contributed by atoms with van der Waals surface area (Å²) < 4.78 is 26.9. The fraction of sp³-hybridized carbons (Fsp3) is 0.353. The van der Waals surface area contributed by atoms with Gasteiger partial charge in [-0.3, -0.25) is 9.59 Å². The van der Waals surface area contributed by atoms with Gasteiger partial charge in [-0.15, -0.1) is 11.3 Å². The van der Waals surface area contributed by atoms with Gasteiger partial charge >= 0.3 is 0 Å². The number of aromatic nitrogens is 1. The molecule has 1 saturated heterocycles. The van der Waals surface area contributed by atoms with Crippen molar-refractivity contribution < 1.29 is 18.0 Å². The number of nitrogens with zero attached hydrogens (tertiary/aromatic N) is 2. The summed E-state index contributed by atoms with van der Waals surface area (Å²) in [6, 6.07) is 5.93. The van der Waals surface area contributed by atoms with Crippen molar-refractivity contribution in [1.82, 2.24) is 14.6 Å². The Labute approximate surface area is 172 Å². The van der Waals surface area contributed by atoms with Crippen LogP contribution in [0.1, 0.15) is 12.8 Å². The van der Waals surface area contributed by atoms with Crippen LogP contribution in [0.25, 0.3) is 0 Å². The van der Waals surface area contributed by atoms with Crippen LogP contribution in [0.4, 0.5) is 5.13 Å². The van der Waals surface area contributed by atoms with Crippen molar-refractivity contribution in [1.29, 1.82) is 0 Å². The molecule has 0 spiro atoms. The predicted molar refractivity (Wildman–Crippen MR) is 107 cm³/mol. The molecule has 150 valence electrons. The molecule has 1 aromatic heterocycles. The summed E-state index contributed by atoms with van der Waals surface area (Å²) in [5, 5.41) is 7.78. The van der Waals surface area contributed by atoms with Gasteiger partial charge in [-0.05, 0) is 37.1 Å². The van der Waals surface area contributed by atoms with E-state index >= 15 is 0 Å². The van der Waals surface area contributed by atoms with E-state index in [0.29, 0.717) is 29.5 Å². The zero-order chi connectivity index (χ0) is 20.1. The second kappa shape index (κ2) is 8.99. The van der Waals surface area contributed by atoms with Gasteiger partial charge in [0.2, 0.25) is 21.8 Å². The fourth-order valence-corrected chi connectivity index (χ4v) is 5.09. The minimum absolute atomic E-state index is 0.0743. The Hall–Kier alpha value is -2.01. The first-order valence-corrected chi connectivity index (χ1v) is 11.3. The number of nitrogens with one attached hydrogen (secondary N) is 2. The van der Waals surface area contributed by atoms with Crippen molar-refractivity contribution in [3.63, 3.8) is 0 Å². The lowest BCUT2D eigenvalue weighted by molar-refractivity contribution is -0.128. The van der Waals surface area contributed by atoms with E-state index in [1.807, 2.05) is 0 Å². The molecule has 0 bridgehead atoms. The van der Waals surface area contributed by atoms with Crippen molar-refractivity contribution in [2.45, 2.75) is 17.7 Å². The molecule has 1 aromatic carbocycles. The van der Waals surface area contributed by atoms with Gasteiger partial charge in [-0.1, -0.05) is 11.6 Å². The van der Waals surface area contributed by atoms with Gasteiger partial charge in [-0.25, -0.2) is 13.4 Å². The Bertz CT molecular complexity index is 933. The standard InChI is InChI=1S/C17H19ClN4O4S2/c18-13-3-5-14(6-4-13)28(25,26)22-8-1-2-12(11-22)16(24)20-10-15(23)21-17-19-7-9-27-17/h3-7,9,12H,1-2,8,10-11H2,(H,20,24)(H,19,21,23). The number of sulfonamides is 1. The van der Waals surface area contributed by atoms with Crippen LogP contribution >= 0.6 is 22.9 Å². The molecule has 8 nitrogen and oxygen atoms in total. The molecule has 28 heavy (non-hydrogen) atoms. The van der Waals surface area contributed by atoms with E-state index in [2.05, 4.69) is 15.6 Å². The highest BCUT2D eigenvalue weighted by atomic mass is 35.5. The molecular weight excluding hydrogens is 424 g/mol. The van der Waals surface area contributed by atoms with Crippen molar-refractivity contribution in [3.8, 4) is 0 Å². The first kappa shape index (κ1) is 20.7. The van der Waals surface area contributed by atoms with Crippen LogP contribution in [0.2, 0.25) is 5.02 Å². The van der Waals surface area contributed by atoms with Crippen molar-refractivity contribution in [2.24, 2.45) is 5.92 Å². The Kier molecular flexibility index (Phi) is 6.65. The number of benzene rings is 1.